The van der Waals surface area contributed by atoms with E-state index in [1.165, 1.54) is 5.56 Å². The molecule has 0 aliphatic carbocycles. The van der Waals surface area contributed by atoms with Gasteiger partial charge in [-0.1, -0.05) is 41.4 Å². The monoisotopic (exact) mass is 218 g/mol. The fourth-order valence-corrected chi connectivity index (χ4v) is 1.72. The van der Waals surface area contributed by atoms with Gasteiger partial charge in [-0.3, -0.25) is 0 Å². The number of anilines is 1. The number of benzene rings is 1. The molecule has 2 rings (SSSR count). The first-order valence-corrected chi connectivity index (χ1v) is 5.03. The number of halogens is 1. The molecule has 0 atom stereocenters. The van der Waals surface area contributed by atoms with Crippen molar-refractivity contribution in [3.05, 3.63) is 47.1 Å². The van der Waals surface area contributed by atoms with Crippen molar-refractivity contribution in [1.29, 1.82) is 0 Å². The summed E-state index contributed by atoms with van der Waals surface area (Å²) in [5.74, 6) is 0.464. The van der Waals surface area contributed by atoms with Gasteiger partial charge < -0.3 is 5.73 Å². The zero-order chi connectivity index (χ0) is 10.8. The molecule has 15 heavy (non-hydrogen) atoms. The maximum absolute atomic E-state index is 6.08. The first-order chi connectivity index (χ1) is 7.18. The van der Waals surface area contributed by atoms with Crippen molar-refractivity contribution in [1.82, 2.24) is 4.98 Å². The van der Waals surface area contributed by atoms with Gasteiger partial charge in [0.15, 0.2) is 0 Å². The molecule has 0 aliphatic heterocycles. The highest BCUT2D eigenvalue weighted by molar-refractivity contribution is 6.33. The molecule has 0 spiro atoms. The summed E-state index contributed by atoms with van der Waals surface area (Å²) in [6.07, 6.45) is 1.61. The molecular formula is C12H11ClN2. The van der Waals surface area contributed by atoms with Gasteiger partial charge in [-0.15, -0.1) is 0 Å². The van der Waals surface area contributed by atoms with Gasteiger partial charge >= 0.3 is 0 Å². The fraction of sp³-hybridized carbons (Fsp3) is 0.0833. The Labute approximate surface area is 93.7 Å². The maximum atomic E-state index is 6.08. The first-order valence-electron chi connectivity index (χ1n) is 4.65. The number of nitrogen functional groups attached to an aromatic ring is 1. The van der Waals surface area contributed by atoms with Gasteiger partial charge in [0.1, 0.15) is 5.82 Å². The van der Waals surface area contributed by atoms with Crippen LogP contribution in [0.1, 0.15) is 5.56 Å². The molecule has 0 fully saturated rings. The Hall–Kier alpha value is -1.54. The van der Waals surface area contributed by atoms with Gasteiger partial charge in [0, 0.05) is 11.8 Å². The lowest BCUT2D eigenvalue weighted by Gasteiger charge is -2.07. The summed E-state index contributed by atoms with van der Waals surface area (Å²) >= 11 is 6.08. The standard InChI is InChI=1S/C12H11ClN2/c1-8-2-4-9(5-3-8)11-10(13)6-7-15-12(11)14/h2-7H,1H3,(H2,14,15). The molecule has 0 unspecified atom stereocenters. The predicted octanol–water partition coefficient (Wildman–Crippen LogP) is 3.29. The number of nitrogens with two attached hydrogens (primary N) is 1. The average molecular weight is 219 g/mol. The van der Waals surface area contributed by atoms with E-state index in [4.69, 9.17) is 17.3 Å². The Morgan fingerprint density at radius 2 is 1.80 bits per heavy atom. The largest absolute Gasteiger partial charge is 0.383 e. The van der Waals surface area contributed by atoms with Crippen molar-refractivity contribution in [3.63, 3.8) is 0 Å². The fourth-order valence-electron chi connectivity index (χ4n) is 1.46. The molecule has 0 radical (unpaired) electrons. The van der Waals surface area contributed by atoms with Gasteiger partial charge in [0.05, 0.1) is 5.02 Å². The number of hydrogen-bond acceptors (Lipinski definition) is 2. The van der Waals surface area contributed by atoms with Gasteiger partial charge in [-0.25, -0.2) is 4.98 Å². The van der Waals surface area contributed by atoms with Gasteiger partial charge in [0.25, 0.3) is 0 Å². The van der Waals surface area contributed by atoms with Crippen LogP contribution in [0.25, 0.3) is 11.1 Å². The van der Waals surface area contributed by atoms with Crippen LogP contribution in [-0.4, -0.2) is 4.98 Å². The number of nitrogens with zero attached hydrogens (tertiary/aromatic N) is 1. The molecule has 2 N–H and O–H groups in total. The van der Waals surface area contributed by atoms with Crippen molar-refractivity contribution in [3.8, 4) is 11.1 Å². The second-order valence-electron chi connectivity index (χ2n) is 3.42. The maximum Gasteiger partial charge on any atom is 0.132 e. The minimum Gasteiger partial charge on any atom is -0.383 e. The molecule has 1 aromatic carbocycles. The van der Waals surface area contributed by atoms with Gasteiger partial charge in [-0.05, 0) is 18.6 Å². The summed E-state index contributed by atoms with van der Waals surface area (Å²) in [6.45, 7) is 2.04. The third kappa shape index (κ3) is 1.95. The van der Waals surface area contributed by atoms with Crippen LogP contribution in [0.5, 0.6) is 0 Å². The van der Waals surface area contributed by atoms with Crippen LogP contribution in [0.15, 0.2) is 36.5 Å². The SMILES string of the molecule is Cc1ccc(-c2c(Cl)ccnc2N)cc1. The summed E-state index contributed by atoms with van der Waals surface area (Å²) in [4.78, 5) is 4.03. The molecule has 0 amide bonds. The van der Waals surface area contributed by atoms with E-state index < -0.39 is 0 Å². The molecule has 2 aromatic rings. The van der Waals surface area contributed by atoms with Gasteiger partial charge in [-0.2, -0.15) is 0 Å². The van der Waals surface area contributed by atoms with Crippen LogP contribution in [0.4, 0.5) is 5.82 Å². The van der Waals surface area contributed by atoms with Crippen LogP contribution < -0.4 is 5.73 Å². The minimum absolute atomic E-state index is 0.464. The molecule has 0 bridgehead atoms. The van der Waals surface area contributed by atoms with E-state index in [0.717, 1.165) is 11.1 Å². The Balaban J connectivity index is 2.58. The van der Waals surface area contributed by atoms with E-state index in [-0.39, 0.29) is 0 Å². The Kier molecular flexibility index (Phi) is 2.60. The zero-order valence-corrected chi connectivity index (χ0v) is 9.12. The van der Waals surface area contributed by atoms with Crippen molar-refractivity contribution >= 4 is 17.4 Å². The van der Waals surface area contributed by atoms with E-state index >= 15 is 0 Å². The summed E-state index contributed by atoms with van der Waals surface area (Å²) in [5, 5.41) is 0.631. The number of aromatic nitrogens is 1. The third-order valence-electron chi connectivity index (χ3n) is 2.27. The van der Waals surface area contributed by atoms with Crippen LogP contribution in [-0.2, 0) is 0 Å². The van der Waals surface area contributed by atoms with Crippen LogP contribution in [0, 0.1) is 6.92 Å². The van der Waals surface area contributed by atoms with Crippen molar-refractivity contribution in [2.75, 3.05) is 5.73 Å². The molecular weight excluding hydrogens is 208 g/mol. The lowest BCUT2D eigenvalue weighted by molar-refractivity contribution is 1.33. The summed E-state index contributed by atoms with van der Waals surface area (Å²) in [5.41, 5.74) is 8.80. The van der Waals surface area contributed by atoms with E-state index in [0.29, 0.717) is 10.8 Å². The highest BCUT2D eigenvalue weighted by Crippen LogP contribution is 2.31. The second kappa shape index (κ2) is 3.91. The van der Waals surface area contributed by atoms with E-state index in [9.17, 15) is 0 Å². The van der Waals surface area contributed by atoms with Crippen molar-refractivity contribution in [2.24, 2.45) is 0 Å². The predicted molar refractivity (Wildman–Crippen MR) is 63.8 cm³/mol. The van der Waals surface area contributed by atoms with E-state index in [1.54, 1.807) is 12.3 Å². The number of rotatable bonds is 1. The smallest absolute Gasteiger partial charge is 0.132 e. The normalized spacial score (nSPS) is 10.3. The summed E-state index contributed by atoms with van der Waals surface area (Å²) in [7, 11) is 0. The third-order valence-corrected chi connectivity index (χ3v) is 2.58. The molecule has 2 nitrogen and oxygen atoms in total. The molecule has 0 aliphatic rings. The van der Waals surface area contributed by atoms with E-state index in [1.807, 2.05) is 31.2 Å². The van der Waals surface area contributed by atoms with Crippen LogP contribution >= 0.6 is 11.6 Å². The van der Waals surface area contributed by atoms with Crippen LogP contribution in [0.2, 0.25) is 5.02 Å². The number of aryl methyl sites for hydroxylation is 1. The van der Waals surface area contributed by atoms with Crippen molar-refractivity contribution in [2.45, 2.75) is 6.92 Å². The Morgan fingerprint density at radius 3 is 2.40 bits per heavy atom. The highest BCUT2D eigenvalue weighted by atomic mass is 35.5. The Morgan fingerprint density at radius 1 is 1.13 bits per heavy atom. The average Bonchev–Trinajstić information content (AvgIpc) is 2.20. The quantitative estimate of drug-likeness (QED) is 0.798. The summed E-state index contributed by atoms with van der Waals surface area (Å²) < 4.78 is 0. The first kappa shape index (κ1) is 9.99. The number of pyridine rings is 1. The van der Waals surface area contributed by atoms with Gasteiger partial charge in [0.2, 0.25) is 0 Å². The zero-order valence-electron chi connectivity index (χ0n) is 8.37. The van der Waals surface area contributed by atoms with E-state index in [2.05, 4.69) is 4.98 Å². The lowest BCUT2D eigenvalue weighted by atomic mass is 10.1. The molecule has 76 valence electrons. The summed E-state index contributed by atoms with van der Waals surface area (Å²) in [6, 6.07) is 9.78. The Bertz CT molecular complexity index is 457. The van der Waals surface area contributed by atoms with Crippen LogP contribution in [0.3, 0.4) is 0 Å². The topological polar surface area (TPSA) is 38.9 Å². The lowest BCUT2D eigenvalue weighted by Crippen LogP contribution is -1.94. The van der Waals surface area contributed by atoms with Crippen molar-refractivity contribution < 1.29 is 0 Å². The molecule has 3 heteroatoms. The second-order valence-corrected chi connectivity index (χ2v) is 3.83. The number of hydrogen-bond donors (Lipinski definition) is 1. The molecule has 1 aromatic heterocycles. The highest BCUT2D eigenvalue weighted by Gasteiger charge is 2.07. The minimum atomic E-state index is 0.464. The molecule has 1 heterocycles. The molecule has 0 saturated carbocycles. The molecule has 0 saturated heterocycles.